The van der Waals surface area contributed by atoms with E-state index in [4.69, 9.17) is 0 Å². The second-order valence-corrected chi connectivity index (χ2v) is 3.51. The number of phenols is 1. The van der Waals surface area contributed by atoms with Gasteiger partial charge in [0.25, 0.3) is 0 Å². The van der Waals surface area contributed by atoms with Gasteiger partial charge in [0.05, 0.1) is 6.54 Å². The van der Waals surface area contributed by atoms with E-state index in [1.807, 2.05) is 20.0 Å². The van der Waals surface area contributed by atoms with Gasteiger partial charge in [0.15, 0.2) is 5.82 Å². The molecule has 0 aliphatic carbocycles. The van der Waals surface area contributed by atoms with Crippen molar-refractivity contribution in [2.75, 3.05) is 7.05 Å². The predicted molar refractivity (Wildman–Crippen MR) is 60.5 cm³/mol. The summed E-state index contributed by atoms with van der Waals surface area (Å²) >= 11 is 0. The first-order chi connectivity index (χ1) is 7.72. The van der Waals surface area contributed by atoms with Crippen LogP contribution in [0.3, 0.4) is 0 Å². The maximum Gasteiger partial charge on any atom is 0.165 e. The molecular formula is C11H14N4O. The highest BCUT2D eigenvalue weighted by Gasteiger charge is 2.09. The summed E-state index contributed by atoms with van der Waals surface area (Å²) < 4.78 is 1.64. The zero-order valence-electron chi connectivity index (χ0n) is 9.31. The molecule has 0 aliphatic rings. The van der Waals surface area contributed by atoms with Crippen LogP contribution in [0.15, 0.2) is 24.3 Å². The van der Waals surface area contributed by atoms with Crippen LogP contribution in [0.25, 0.3) is 5.69 Å². The summed E-state index contributed by atoms with van der Waals surface area (Å²) in [6.45, 7) is 2.47. The number of para-hydroxylation sites is 2. The minimum absolute atomic E-state index is 0.200. The molecule has 0 unspecified atom stereocenters. The molecule has 16 heavy (non-hydrogen) atoms. The lowest BCUT2D eigenvalue weighted by Crippen LogP contribution is -2.07. The number of rotatable bonds is 3. The van der Waals surface area contributed by atoms with E-state index >= 15 is 0 Å². The quantitative estimate of drug-likeness (QED) is 0.806. The minimum Gasteiger partial charge on any atom is -0.506 e. The molecule has 2 rings (SSSR count). The van der Waals surface area contributed by atoms with E-state index in [9.17, 15) is 5.11 Å². The van der Waals surface area contributed by atoms with Gasteiger partial charge in [-0.25, -0.2) is 9.67 Å². The maximum atomic E-state index is 9.72. The Hall–Kier alpha value is -1.88. The molecule has 0 spiro atoms. The van der Waals surface area contributed by atoms with Gasteiger partial charge in [-0.05, 0) is 26.1 Å². The van der Waals surface area contributed by atoms with Crippen LogP contribution in [-0.2, 0) is 6.54 Å². The molecule has 0 aliphatic heterocycles. The van der Waals surface area contributed by atoms with Crippen molar-refractivity contribution in [1.29, 1.82) is 0 Å². The highest BCUT2D eigenvalue weighted by Crippen LogP contribution is 2.20. The molecule has 0 amide bonds. The van der Waals surface area contributed by atoms with Gasteiger partial charge in [0.1, 0.15) is 17.3 Å². The van der Waals surface area contributed by atoms with E-state index in [0.29, 0.717) is 18.1 Å². The first kappa shape index (κ1) is 10.6. The minimum atomic E-state index is 0.200. The topological polar surface area (TPSA) is 63.0 Å². The second-order valence-electron chi connectivity index (χ2n) is 3.51. The van der Waals surface area contributed by atoms with Gasteiger partial charge in [-0.3, -0.25) is 0 Å². The van der Waals surface area contributed by atoms with Crippen molar-refractivity contribution in [2.24, 2.45) is 0 Å². The maximum absolute atomic E-state index is 9.72. The van der Waals surface area contributed by atoms with Crippen molar-refractivity contribution in [3.63, 3.8) is 0 Å². The molecule has 1 aromatic carbocycles. The van der Waals surface area contributed by atoms with E-state index in [1.54, 1.807) is 22.9 Å². The molecule has 0 fully saturated rings. The summed E-state index contributed by atoms with van der Waals surface area (Å²) in [6, 6.07) is 7.07. The molecule has 2 aromatic rings. The van der Waals surface area contributed by atoms with Gasteiger partial charge in [-0.15, -0.1) is 5.10 Å². The smallest absolute Gasteiger partial charge is 0.165 e. The van der Waals surface area contributed by atoms with E-state index in [1.165, 1.54) is 0 Å². The Morgan fingerprint density at radius 1 is 1.38 bits per heavy atom. The summed E-state index contributed by atoms with van der Waals surface area (Å²) in [7, 11) is 1.84. The van der Waals surface area contributed by atoms with Gasteiger partial charge in [0.2, 0.25) is 0 Å². The van der Waals surface area contributed by atoms with Crippen LogP contribution in [-0.4, -0.2) is 26.9 Å². The van der Waals surface area contributed by atoms with E-state index in [2.05, 4.69) is 15.4 Å². The van der Waals surface area contributed by atoms with Gasteiger partial charge in [-0.1, -0.05) is 12.1 Å². The van der Waals surface area contributed by atoms with Crippen LogP contribution >= 0.6 is 0 Å². The van der Waals surface area contributed by atoms with Crippen LogP contribution in [0, 0.1) is 6.92 Å². The third-order valence-corrected chi connectivity index (χ3v) is 2.26. The van der Waals surface area contributed by atoms with E-state index in [0.717, 1.165) is 5.82 Å². The van der Waals surface area contributed by atoms with Gasteiger partial charge < -0.3 is 10.4 Å². The normalized spacial score (nSPS) is 10.6. The highest BCUT2D eigenvalue weighted by molar-refractivity contribution is 5.45. The SMILES string of the molecule is CNCc1nc(C)n(-c2ccccc2O)n1. The molecule has 0 bridgehead atoms. The Morgan fingerprint density at radius 2 is 2.12 bits per heavy atom. The summed E-state index contributed by atoms with van der Waals surface area (Å²) in [4.78, 5) is 4.30. The molecule has 0 saturated heterocycles. The van der Waals surface area contributed by atoms with Crippen LogP contribution < -0.4 is 5.32 Å². The van der Waals surface area contributed by atoms with Crippen LogP contribution in [0.4, 0.5) is 0 Å². The zero-order chi connectivity index (χ0) is 11.5. The molecule has 84 valence electrons. The summed E-state index contributed by atoms with van der Waals surface area (Å²) in [6.07, 6.45) is 0. The molecule has 5 nitrogen and oxygen atoms in total. The van der Waals surface area contributed by atoms with Crippen molar-refractivity contribution >= 4 is 0 Å². The van der Waals surface area contributed by atoms with Crippen molar-refractivity contribution < 1.29 is 5.11 Å². The first-order valence-corrected chi connectivity index (χ1v) is 5.08. The molecule has 1 heterocycles. The number of phenolic OH excluding ortho intramolecular Hbond substituents is 1. The molecule has 5 heteroatoms. The molecule has 0 saturated carbocycles. The van der Waals surface area contributed by atoms with Gasteiger partial charge >= 0.3 is 0 Å². The fourth-order valence-electron chi connectivity index (χ4n) is 1.55. The summed E-state index contributed by atoms with van der Waals surface area (Å²) in [5.74, 6) is 1.67. The number of nitrogens with zero attached hydrogens (tertiary/aromatic N) is 3. The zero-order valence-corrected chi connectivity index (χ0v) is 9.31. The highest BCUT2D eigenvalue weighted by atomic mass is 16.3. The largest absolute Gasteiger partial charge is 0.506 e. The first-order valence-electron chi connectivity index (χ1n) is 5.08. The Kier molecular flexibility index (Phi) is 2.87. The average molecular weight is 218 g/mol. The van der Waals surface area contributed by atoms with E-state index in [-0.39, 0.29) is 5.75 Å². The Morgan fingerprint density at radius 3 is 2.81 bits per heavy atom. The number of benzene rings is 1. The monoisotopic (exact) mass is 218 g/mol. The molecule has 1 aromatic heterocycles. The average Bonchev–Trinajstić information content (AvgIpc) is 2.61. The molecular weight excluding hydrogens is 204 g/mol. The number of hydrogen-bond donors (Lipinski definition) is 2. The summed E-state index contributed by atoms with van der Waals surface area (Å²) in [5.41, 5.74) is 0.648. The predicted octanol–water partition coefficient (Wildman–Crippen LogP) is 1.00. The third-order valence-electron chi connectivity index (χ3n) is 2.26. The number of aryl methyl sites for hydroxylation is 1. The Balaban J connectivity index is 2.44. The number of hydrogen-bond acceptors (Lipinski definition) is 4. The number of aromatic nitrogens is 3. The molecule has 0 radical (unpaired) electrons. The van der Waals surface area contributed by atoms with Crippen LogP contribution in [0.5, 0.6) is 5.75 Å². The standard InChI is InChI=1S/C11H14N4O/c1-8-13-11(7-12-2)14-15(8)9-5-3-4-6-10(9)16/h3-6,12,16H,7H2,1-2H3. The van der Waals surface area contributed by atoms with Gasteiger partial charge in [0, 0.05) is 0 Å². The van der Waals surface area contributed by atoms with Crippen molar-refractivity contribution in [3.8, 4) is 11.4 Å². The van der Waals surface area contributed by atoms with Crippen LogP contribution in [0.2, 0.25) is 0 Å². The Bertz CT molecular complexity index is 492. The van der Waals surface area contributed by atoms with Crippen LogP contribution in [0.1, 0.15) is 11.6 Å². The van der Waals surface area contributed by atoms with Crippen molar-refractivity contribution in [2.45, 2.75) is 13.5 Å². The third kappa shape index (κ3) is 1.90. The molecule has 2 N–H and O–H groups in total. The number of aromatic hydroxyl groups is 1. The second kappa shape index (κ2) is 4.32. The lowest BCUT2D eigenvalue weighted by atomic mass is 10.3. The lowest BCUT2D eigenvalue weighted by Gasteiger charge is -2.04. The molecule has 0 atom stereocenters. The fourth-order valence-corrected chi connectivity index (χ4v) is 1.55. The van der Waals surface area contributed by atoms with E-state index < -0.39 is 0 Å². The van der Waals surface area contributed by atoms with Crippen molar-refractivity contribution in [1.82, 2.24) is 20.1 Å². The Labute approximate surface area is 93.8 Å². The van der Waals surface area contributed by atoms with Gasteiger partial charge in [-0.2, -0.15) is 0 Å². The lowest BCUT2D eigenvalue weighted by molar-refractivity contribution is 0.469. The summed E-state index contributed by atoms with van der Waals surface area (Å²) in [5, 5.41) is 17.0. The van der Waals surface area contributed by atoms with Crippen molar-refractivity contribution in [3.05, 3.63) is 35.9 Å². The fraction of sp³-hybridized carbons (Fsp3) is 0.273. The number of nitrogens with one attached hydrogen (secondary N) is 1.